The molecule has 0 unspecified atom stereocenters. The number of amides is 1. The van der Waals surface area contributed by atoms with Crippen molar-refractivity contribution in [1.29, 1.82) is 0 Å². The molecule has 3 aromatic heterocycles. The van der Waals surface area contributed by atoms with Crippen LogP contribution in [0.3, 0.4) is 0 Å². The standard InChI is InChI=1S/C21H19F2N9O/c1-10(21-29-9-30-32(21)16-7-25-15(6-26-16)19(24)33)31-20-14-5-12(18(22)23)4-13(11-2-3-11)17(14)27-8-28-20/h4-11,18H,2-3H2,1H3,(H2,24,33)(H,27,28,31)/t10-/m0/s1. The van der Waals surface area contributed by atoms with Crippen molar-refractivity contribution in [2.24, 2.45) is 5.73 Å². The Balaban J connectivity index is 1.50. The molecule has 0 radical (unpaired) electrons. The van der Waals surface area contributed by atoms with Crippen LogP contribution in [0.1, 0.15) is 65.6 Å². The van der Waals surface area contributed by atoms with Crippen LogP contribution >= 0.6 is 0 Å². The van der Waals surface area contributed by atoms with E-state index in [2.05, 4.69) is 35.3 Å². The summed E-state index contributed by atoms with van der Waals surface area (Å²) in [4.78, 5) is 32.4. The number of benzene rings is 1. The van der Waals surface area contributed by atoms with Gasteiger partial charge in [-0.1, -0.05) is 0 Å². The molecule has 1 aliphatic carbocycles. The third kappa shape index (κ3) is 3.95. The van der Waals surface area contributed by atoms with E-state index in [1.54, 1.807) is 6.07 Å². The number of nitrogens with two attached hydrogens (primary N) is 1. The minimum absolute atomic E-state index is 0.0281. The maximum atomic E-state index is 13.6. The molecule has 0 bridgehead atoms. The van der Waals surface area contributed by atoms with Gasteiger partial charge < -0.3 is 11.1 Å². The number of primary amides is 1. The number of fused-ring (bicyclic) bond motifs is 1. The highest BCUT2D eigenvalue weighted by atomic mass is 19.3. The van der Waals surface area contributed by atoms with Gasteiger partial charge in [0.1, 0.15) is 24.2 Å². The third-order valence-corrected chi connectivity index (χ3v) is 5.48. The second-order valence-corrected chi connectivity index (χ2v) is 7.82. The normalized spacial score (nSPS) is 14.5. The molecule has 4 aromatic rings. The van der Waals surface area contributed by atoms with E-state index < -0.39 is 18.4 Å². The lowest BCUT2D eigenvalue weighted by Gasteiger charge is -2.17. The van der Waals surface area contributed by atoms with Crippen LogP contribution in [0.25, 0.3) is 16.7 Å². The van der Waals surface area contributed by atoms with E-state index in [1.165, 1.54) is 35.8 Å². The molecule has 3 heterocycles. The topological polar surface area (TPSA) is 137 Å². The minimum atomic E-state index is -2.59. The van der Waals surface area contributed by atoms with Gasteiger partial charge in [-0.05, 0) is 43.4 Å². The molecule has 0 aliphatic heterocycles. The number of hydrogen-bond acceptors (Lipinski definition) is 8. The average Bonchev–Trinajstić information content (AvgIpc) is 3.54. The van der Waals surface area contributed by atoms with E-state index >= 15 is 0 Å². The Hall–Kier alpha value is -4.09. The van der Waals surface area contributed by atoms with Gasteiger partial charge in [-0.3, -0.25) is 4.79 Å². The first-order valence-electron chi connectivity index (χ1n) is 10.3. The van der Waals surface area contributed by atoms with Crippen LogP contribution in [0.4, 0.5) is 14.6 Å². The Labute approximate surface area is 186 Å². The fraction of sp³-hybridized carbons (Fsp3) is 0.286. The van der Waals surface area contributed by atoms with Gasteiger partial charge in [-0.2, -0.15) is 9.78 Å². The van der Waals surface area contributed by atoms with E-state index in [0.717, 1.165) is 18.4 Å². The van der Waals surface area contributed by atoms with Crippen LogP contribution < -0.4 is 11.1 Å². The van der Waals surface area contributed by atoms with Gasteiger partial charge in [0.15, 0.2) is 11.6 Å². The molecule has 1 saturated carbocycles. The molecular weight excluding hydrogens is 432 g/mol. The zero-order valence-electron chi connectivity index (χ0n) is 17.5. The highest BCUT2D eigenvalue weighted by Crippen LogP contribution is 2.44. The molecule has 1 aromatic carbocycles. The monoisotopic (exact) mass is 451 g/mol. The number of nitrogens with one attached hydrogen (secondary N) is 1. The summed E-state index contributed by atoms with van der Waals surface area (Å²) in [7, 11) is 0. The van der Waals surface area contributed by atoms with Crippen molar-refractivity contribution in [2.45, 2.75) is 38.2 Å². The number of hydrogen-bond donors (Lipinski definition) is 2. The number of aromatic nitrogens is 7. The summed E-state index contributed by atoms with van der Waals surface area (Å²) in [6.45, 7) is 1.83. The molecule has 3 N–H and O–H groups in total. The van der Waals surface area contributed by atoms with Gasteiger partial charge in [0, 0.05) is 10.9 Å². The van der Waals surface area contributed by atoms with E-state index in [4.69, 9.17) is 5.73 Å². The fourth-order valence-electron chi connectivity index (χ4n) is 3.71. The highest BCUT2D eigenvalue weighted by Gasteiger charge is 2.28. The predicted octanol–water partition coefficient (Wildman–Crippen LogP) is 3.09. The van der Waals surface area contributed by atoms with E-state index in [1.807, 2.05) is 6.92 Å². The lowest BCUT2D eigenvalue weighted by Crippen LogP contribution is -2.17. The second-order valence-electron chi connectivity index (χ2n) is 7.82. The molecule has 1 fully saturated rings. The van der Waals surface area contributed by atoms with Crippen LogP contribution in [-0.4, -0.2) is 40.6 Å². The number of carbonyl (C=O) groups is 1. The summed E-state index contributed by atoms with van der Waals surface area (Å²) >= 11 is 0. The number of alkyl halides is 2. The quantitative estimate of drug-likeness (QED) is 0.437. The number of anilines is 1. The Kier molecular flexibility index (Phi) is 5.11. The Morgan fingerprint density at radius 1 is 1.12 bits per heavy atom. The van der Waals surface area contributed by atoms with Gasteiger partial charge in [0.2, 0.25) is 0 Å². The summed E-state index contributed by atoms with van der Waals surface area (Å²) in [5.41, 5.74) is 6.68. The van der Waals surface area contributed by atoms with Crippen molar-refractivity contribution in [1.82, 2.24) is 34.7 Å². The van der Waals surface area contributed by atoms with E-state index in [-0.39, 0.29) is 17.2 Å². The Morgan fingerprint density at radius 2 is 1.94 bits per heavy atom. The molecule has 5 rings (SSSR count). The Morgan fingerprint density at radius 3 is 2.61 bits per heavy atom. The van der Waals surface area contributed by atoms with Gasteiger partial charge in [0.05, 0.1) is 24.0 Å². The number of halogens is 2. The number of carbonyl (C=O) groups excluding carboxylic acids is 1. The second kappa shape index (κ2) is 8.11. The number of nitrogens with zero attached hydrogens (tertiary/aromatic N) is 7. The number of rotatable bonds is 7. The SMILES string of the molecule is C[C@H](Nc1ncnc2c(C3CC3)cc(C(F)F)cc12)c1ncnn1-c1cnc(C(N)=O)cn1. The largest absolute Gasteiger partial charge is 0.364 e. The van der Waals surface area contributed by atoms with Crippen LogP contribution in [0.5, 0.6) is 0 Å². The summed E-state index contributed by atoms with van der Waals surface area (Å²) in [5.74, 6) is 0.797. The molecule has 1 atom stereocenters. The summed E-state index contributed by atoms with van der Waals surface area (Å²) in [6.07, 6.45) is 4.72. The van der Waals surface area contributed by atoms with E-state index in [9.17, 15) is 13.6 Å². The van der Waals surface area contributed by atoms with Crippen molar-refractivity contribution in [3.63, 3.8) is 0 Å². The van der Waals surface area contributed by atoms with Gasteiger partial charge >= 0.3 is 0 Å². The molecule has 33 heavy (non-hydrogen) atoms. The summed E-state index contributed by atoms with van der Waals surface area (Å²) < 4.78 is 28.6. The van der Waals surface area contributed by atoms with Crippen molar-refractivity contribution < 1.29 is 13.6 Å². The summed E-state index contributed by atoms with van der Waals surface area (Å²) in [6, 6.07) is 2.55. The molecule has 1 aliphatic rings. The molecule has 0 saturated heterocycles. The van der Waals surface area contributed by atoms with Gasteiger partial charge in [0.25, 0.3) is 12.3 Å². The van der Waals surface area contributed by atoms with Crippen LogP contribution in [0.15, 0.2) is 37.2 Å². The Bertz CT molecular complexity index is 1340. The summed E-state index contributed by atoms with van der Waals surface area (Å²) in [5, 5.41) is 7.95. The molecule has 1 amide bonds. The maximum absolute atomic E-state index is 13.6. The zero-order valence-corrected chi connectivity index (χ0v) is 17.5. The first-order chi connectivity index (χ1) is 15.9. The van der Waals surface area contributed by atoms with Crippen molar-refractivity contribution in [2.75, 3.05) is 5.32 Å². The zero-order chi connectivity index (χ0) is 23.1. The predicted molar refractivity (Wildman–Crippen MR) is 114 cm³/mol. The van der Waals surface area contributed by atoms with Crippen LogP contribution in [0.2, 0.25) is 0 Å². The van der Waals surface area contributed by atoms with Crippen molar-refractivity contribution >= 4 is 22.6 Å². The first-order valence-corrected chi connectivity index (χ1v) is 10.3. The molecule has 10 nitrogen and oxygen atoms in total. The highest BCUT2D eigenvalue weighted by molar-refractivity contribution is 5.92. The van der Waals surface area contributed by atoms with E-state index in [0.29, 0.717) is 28.4 Å². The molecule has 12 heteroatoms. The maximum Gasteiger partial charge on any atom is 0.268 e. The van der Waals surface area contributed by atoms with Gasteiger partial charge in [-0.15, -0.1) is 0 Å². The smallest absolute Gasteiger partial charge is 0.268 e. The third-order valence-electron chi connectivity index (χ3n) is 5.48. The average molecular weight is 451 g/mol. The lowest BCUT2D eigenvalue weighted by molar-refractivity contribution is 0.0995. The van der Waals surface area contributed by atoms with Crippen LogP contribution in [-0.2, 0) is 0 Å². The van der Waals surface area contributed by atoms with Crippen molar-refractivity contribution in [3.05, 3.63) is 59.8 Å². The molecule has 0 spiro atoms. The minimum Gasteiger partial charge on any atom is -0.364 e. The fourth-order valence-corrected chi connectivity index (χ4v) is 3.71. The first kappa shape index (κ1) is 20.8. The van der Waals surface area contributed by atoms with Gasteiger partial charge in [-0.25, -0.2) is 33.7 Å². The lowest BCUT2D eigenvalue weighted by atomic mass is 10.0. The van der Waals surface area contributed by atoms with Crippen LogP contribution in [0, 0.1) is 0 Å². The van der Waals surface area contributed by atoms with Crippen molar-refractivity contribution in [3.8, 4) is 5.82 Å². The molecular formula is C21H19F2N9O. The molecule has 168 valence electrons.